The maximum Gasteiger partial charge on any atom is 0.324 e. The average Bonchev–Trinajstić information content (AvgIpc) is 3.54. The molecule has 11 heteroatoms. The van der Waals surface area contributed by atoms with Gasteiger partial charge in [0.1, 0.15) is 29.7 Å². The highest BCUT2D eigenvalue weighted by molar-refractivity contribution is 6.07. The molecule has 3 heterocycles. The van der Waals surface area contributed by atoms with Crippen LogP contribution in [-0.2, 0) is 11.8 Å². The van der Waals surface area contributed by atoms with Gasteiger partial charge in [0.2, 0.25) is 5.88 Å². The number of likely N-dealkylation sites (N-methyl/N-ethyl adjacent to an activating group) is 1. The molecule has 2 amide bonds. The van der Waals surface area contributed by atoms with Crippen molar-refractivity contribution in [2.75, 3.05) is 37.9 Å². The zero-order valence-corrected chi connectivity index (χ0v) is 29.3. The first-order valence-electron chi connectivity index (χ1n) is 16.6. The molecule has 0 saturated carbocycles. The molecule has 0 aliphatic heterocycles. The van der Waals surface area contributed by atoms with Gasteiger partial charge in [0.25, 0.3) is 0 Å². The monoisotopic (exact) mass is 680 g/mol. The topological polar surface area (TPSA) is 119 Å². The fourth-order valence-electron chi connectivity index (χ4n) is 5.26. The quantitative estimate of drug-likeness (QED) is 0.128. The van der Waals surface area contributed by atoms with E-state index in [1.54, 1.807) is 41.3 Å². The fraction of sp³-hybridized carbons (Fsp3) is 0.225. The minimum Gasteiger partial charge on any atom is -0.492 e. The van der Waals surface area contributed by atoms with Crippen molar-refractivity contribution in [3.8, 4) is 35.4 Å². The summed E-state index contributed by atoms with van der Waals surface area (Å²) in [5.41, 5.74) is 3.32. The summed E-state index contributed by atoms with van der Waals surface area (Å²) in [5.74, 6) is 5.54. The van der Waals surface area contributed by atoms with Crippen LogP contribution < -0.4 is 20.1 Å². The van der Waals surface area contributed by atoms with Crippen LogP contribution in [0, 0.1) is 19.3 Å². The zero-order chi connectivity index (χ0) is 36.0. The van der Waals surface area contributed by atoms with Crippen LogP contribution in [-0.4, -0.2) is 62.9 Å². The number of benzene rings is 3. The zero-order valence-electron chi connectivity index (χ0n) is 29.3. The third-order valence-corrected chi connectivity index (χ3v) is 8.19. The summed E-state index contributed by atoms with van der Waals surface area (Å²) in [5, 5.41) is 12.3. The maximum atomic E-state index is 13.5. The van der Waals surface area contributed by atoms with Gasteiger partial charge in [-0.25, -0.2) is 14.5 Å². The average molecular weight is 681 g/mol. The Kier molecular flexibility index (Phi) is 10.3. The van der Waals surface area contributed by atoms with Gasteiger partial charge in [-0.05, 0) is 65.2 Å². The molecule has 6 rings (SSSR count). The van der Waals surface area contributed by atoms with E-state index in [-0.39, 0.29) is 0 Å². The van der Waals surface area contributed by atoms with Gasteiger partial charge >= 0.3 is 6.03 Å². The number of hydrogen-bond donors (Lipinski definition) is 2. The Hall–Kier alpha value is -6.25. The van der Waals surface area contributed by atoms with E-state index in [1.807, 2.05) is 95.5 Å². The van der Waals surface area contributed by atoms with Crippen LogP contribution in [0.5, 0.6) is 17.4 Å². The van der Waals surface area contributed by atoms with Gasteiger partial charge in [0.15, 0.2) is 0 Å². The lowest BCUT2D eigenvalue weighted by Crippen LogP contribution is -2.21. The predicted octanol–water partition coefficient (Wildman–Crippen LogP) is 7.40. The van der Waals surface area contributed by atoms with Crippen LogP contribution in [0.15, 0.2) is 97.3 Å². The number of carbonyl (C=O) groups excluding carboxylic acids is 1. The summed E-state index contributed by atoms with van der Waals surface area (Å²) in [6.45, 7) is 7.23. The Bertz CT molecular complexity index is 2200. The van der Waals surface area contributed by atoms with E-state index < -0.39 is 11.4 Å². The number of amides is 2. The molecule has 0 aliphatic carbocycles. The molecule has 0 aliphatic rings. The number of aromatic nitrogens is 5. The predicted molar refractivity (Wildman–Crippen MR) is 200 cm³/mol. The lowest BCUT2D eigenvalue weighted by Gasteiger charge is -2.14. The summed E-state index contributed by atoms with van der Waals surface area (Å²) >= 11 is 0. The standard InChI is InChI=1S/C40H40N8O3/c1-7-40(3,4)35-26-37(48(46-35)29-14-12-27(2)13-15-29)45-39(49)43-33-16-17-34(32-11-9-8-10-31(32)33)51-38-19-21-42-36(44-38)25-28-24-30(18-20-41-28)50-23-22-47(5)6/h1,8-21,24,26H,22-23,25H2,2-6H3,(H2,43,45,49). The highest BCUT2D eigenvalue weighted by Gasteiger charge is 2.24. The molecule has 11 nitrogen and oxygen atoms in total. The molecule has 0 atom stereocenters. The Morgan fingerprint density at radius 2 is 1.71 bits per heavy atom. The van der Waals surface area contributed by atoms with E-state index in [2.05, 4.69) is 36.4 Å². The molecule has 51 heavy (non-hydrogen) atoms. The first-order chi connectivity index (χ1) is 24.6. The summed E-state index contributed by atoms with van der Waals surface area (Å²) < 4.78 is 13.8. The lowest BCUT2D eigenvalue weighted by atomic mass is 9.91. The molecule has 0 unspecified atom stereocenters. The molecule has 3 aromatic heterocycles. The first-order valence-corrected chi connectivity index (χ1v) is 16.6. The minimum absolute atomic E-state index is 0.386. The fourth-order valence-corrected chi connectivity index (χ4v) is 5.26. The number of rotatable bonds is 12. The normalized spacial score (nSPS) is 11.3. The largest absolute Gasteiger partial charge is 0.492 e. The number of ether oxygens (including phenoxy) is 2. The maximum absolute atomic E-state index is 13.5. The number of carbonyl (C=O) groups is 1. The van der Waals surface area contributed by atoms with Gasteiger partial charge in [-0.1, -0.05) is 47.9 Å². The summed E-state index contributed by atoms with van der Waals surface area (Å²) in [6, 6.07) is 26.0. The van der Waals surface area contributed by atoms with E-state index in [0.29, 0.717) is 47.7 Å². The van der Waals surface area contributed by atoms with Crippen LogP contribution in [0.25, 0.3) is 16.5 Å². The SMILES string of the molecule is C#CC(C)(C)c1cc(NC(=O)Nc2ccc(Oc3ccnc(Cc4cc(OCCN(C)C)ccn4)n3)c3ccccc23)n(-c2ccc(C)cc2)n1. The van der Waals surface area contributed by atoms with Crippen molar-refractivity contribution in [2.45, 2.75) is 32.6 Å². The lowest BCUT2D eigenvalue weighted by molar-refractivity contribution is 0.261. The molecule has 0 radical (unpaired) electrons. The van der Waals surface area contributed by atoms with Gasteiger partial charge in [-0.3, -0.25) is 10.3 Å². The molecular formula is C40H40N8O3. The number of hydrogen-bond acceptors (Lipinski definition) is 8. The van der Waals surface area contributed by atoms with Gasteiger partial charge in [0.05, 0.1) is 34.6 Å². The second-order valence-corrected chi connectivity index (χ2v) is 12.9. The first kappa shape index (κ1) is 34.6. The van der Waals surface area contributed by atoms with Gasteiger partial charge in [-0.2, -0.15) is 10.1 Å². The number of terminal acetylenes is 1. The number of nitrogens with zero attached hydrogens (tertiary/aromatic N) is 6. The molecular weight excluding hydrogens is 640 g/mol. The second kappa shape index (κ2) is 15.1. The van der Waals surface area contributed by atoms with Crippen LogP contribution in [0.3, 0.4) is 0 Å². The number of fused-ring (bicyclic) bond motifs is 1. The molecule has 0 bridgehead atoms. The van der Waals surface area contributed by atoms with Crippen LogP contribution in [0.4, 0.5) is 16.3 Å². The molecule has 0 saturated heterocycles. The van der Waals surface area contributed by atoms with Crippen molar-refractivity contribution in [1.29, 1.82) is 0 Å². The Labute approximate surface area is 297 Å². The number of urea groups is 1. The molecule has 6 aromatic rings. The van der Waals surface area contributed by atoms with Crippen LogP contribution in [0.1, 0.15) is 36.6 Å². The van der Waals surface area contributed by atoms with Crippen molar-refractivity contribution in [1.82, 2.24) is 29.6 Å². The smallest absolute Gasteiger partial charge is 0.324 e. The Balaban J connectivity index is 1.19. The summed E-state index contributed by atoms with van der Waals surface area (Å²) in [7, 11) is 4.01. The van der Waals surface area contributed by atoms with E-state index >= 15 is 0 Å². The Morgan fingerprint density at radius 3 is 2.47 bits per heavy atom. The van der Waals surface area contributed by atoms with Crippen molar-refractivity contribution in [3.05, 3.63) is 120 Å². The Morgan fingerprint density at radius 1 is 0.941 bits per heavy atom. The van der Waals surface area contributed by atoms with Crippen molar-refractivity contribution >= 4 is 28.3 Å². The van der Waals surface area contributed by atoms with Crippen LogP contribution >= 0.6 is 0 Å². The second-order valence-electron chi connectivity index (χ2n) is 12.9. The number of nitrogens with one attached hydrogen (secondary N) is 2. The highest BCUT2D eigenvalue weighted by atomic mass is 16.5. The van der Waals surface area contributed by atoms with E-state index in [9.17, 15) is 4.79 Å². The molecule has 258 valence electrons. The molecule has 0 fully saturated rings. The number of pyridine rings is 1. The van der Waals surface area contributed by atoms with Crippen molar-refractivity contribution < 1.29 is 14.3 Å². The highest BCUT2D eigenvalue weighted by Crippen LogP contribution is 2.34. The van der Waals surface area contributed by atoms with E-state index in [1.165, 1.54) is 0 Å². The van der Waals surface area contributed by atoms with E-state index in [4.69, 9.17) is 21.0 Å². The molecule has 0 spiro atoms. The number of anilines is 2. The third-order valence-electron chi connectivity index (χ3n) is 8.19. The van der Waals surface area contributed by atoms with Crippen molar-refractivity contribution in [2.24, 2.45) is 0 Å². The number of aryl methyl sites for hydroxylation is 1. The van der Waals surface area contributed by atoms with Crippen LogP contribution in [0.2, 0.25) is 0 Å². The van der Waals surface area contributed by atoms with Gasteiger partial charge < -0.3 is 19.7 Å². The van der Waals surface area contributed by atoms with Gasteiger partial charge in [-0.15, -0.1) is 6.42 Å². The van der Waals surface area contributed by atoms with Crippen molar-refractivity contribution in [3.63, 3.8) is 0 Å². The minimum atomic E-state index is -0.637. The van der Waals surface area contributed by atoms with Gasteiger partial charge in [0, 0.05) is 47.9 Å². The molecule has 2 N–H and O–H groups in total. The van der Waals surface area contributed by atoms with E-state index in [0.717, 1.165) is 40.0 Å². The third kappa shape index (κ3) is 8.49. The summed E-state index contributed by atoms with van der Waals surface area (Å²) in [6.07, 6.45) is 9.60. The summed E-state index contributed by atoms with van der Waals surface area (Å²) in [4.78, 5) is 29.1. The molecule has 3 aromatic carbocycles.